The summed E-state index contributed by atoms with van der Waals surface area (Å²) in [7, 11) is 3.14. The molecule has 1 unspecified atom stereocenters. The average Bonchev–Trinajstić information content (AvgIpc) is 2.53. The highest BCUT2D eigenvalue weighted by Gasteiger charge is 2.16. The number of nitrogens with zero attached hydrogens (tertiary/aromatic N) is 2. The van der Waals surface area contributed by atoms with Crippen LogP contribution >= 0.6 is 0 Å². The van der Waals surface area contributed by atoms with Crippen LogP contribution in [0, 0.1) is 0 Å². The molecule has 0 spiro atoms. The Morgan fingerprint density at radius 3 is 2.24 bits per heavy atom. The van der Waals surface area contributed by atoms with E-state index in [1.165, 1.54) is 0 Å². The van der Waals surface area contributed by atoms with E-state index in [-0.39, 0.29) is 5.82 Å². The second-order valence-electron chi connectivity index (χ2n) is 4.46. The molecule has 0 bridgehead atoms. The third kappa shape index (κ3) is 3.10. The number of hydrogen-bond acceptors (Lipinski definition) is 5. The van der Waals surface area contributed by atoms with Gasteiger partial charge in [0.25, 0.3) is 0 Å². The number of methoxy groups -OCH3 is 2. The van der Waals surface area contributed by atoms with Crippen molar-refractivity contribution in [3.05, 3.63) is 36.4 Å². The Morgan fingerprint density at radius 2 is 1.71 bits per heavy atom. The molecule has 0 fully saturated rings. The Kier molecular flexibility index (Phi) is 4.37. The second kappa shape index (κ2) is 6.21. The van der Waals surface area contributed by atoms with Crippen LogP contribution in [-0.4, -0.2) is 35.3 Å². The lowest BCUT2D eigenvalue weighted by Gasteiger charge is -2.10. The highest BCUT2D eigenvalue weighted by atomic mass is 16.5. The third-order valence-electron chi connectivity index (χ3n) is 3.15. The fourth-order valence-corrected chi connectivity index (χ4v) is 1.84. The molecule has 0 amide bonds. The quantitative estimate of drug-likeness (QED) is 0.909. The normalized spacial score (nSPS) is 11.8. The number of rotatable bonds is 5. The van der Waals surface area contributed by atoms with Gasteiger partial charge in [-0.1, -0.05) is 6.07 Å². The molecular weight excluding hydrogens is 272 g/mol. The van der Waals surface area contributed by atoms with Crippen molar-refractivity contribution in [1.29, 1.82) is 0 Å². The maximum Gasteiger partial charge on any atom is 0.313 e. The summed E-state index contributed by atoms with van der Waals surface area (Å²) in [6.45, 7) is 1.55. The SMILES string of the molecule is COc1ccc(-c2cnc(C(C)C(=O)O)nc2)cc1OC. The van der Waals surface area contributed by atoms with Gasteiger partial charge in [-0.3, -0.25) is 4.79 Å². The maximum absolute atomic E-state index is 10.9. The number of carboxylic acid groups (broad SMARTS) is 1. The van der Waals surface area contributed by atoms with E-state index < -0.39 is 11.9 Å². The van der Waals surface area contributed by atoms with E-state index in [1.54, 1.807) is 39.6 Å². The van der Waals surface area contributed by atoms with Crippen LogP contribution < -0.4 is 9.47 Å². The predicted molar refractivity (Wildman–Crippen MR) is 76.6 cm³/mol. The fourth-order valence-electron chi connectivity index (χ4n) is 1.84. The summed E-state index contributed by atoms with van der Waals surface area (Å²) in [6.07, 6.45) is 3.20. The van der Waals surface area contributed by atoms with E-state index in [2.05, 4.69) is 9.97 Å². The smallest absolute Gasteiger partial charge is 0.313 e. The molecule has 110 valence electrons. The van der Waals surface area contributed by atoms with E-state index in [0.29, 0.717) is 11.5 Å². The molecule has 0 aliphatic rings. The number of aliphatic carboxylic acids is 1. The molecule has 1 aromatic heterocycles. The summed E-state index contributed by atoms with van der Waals surface area (Å²) >= 11 is 0. The van der Waals surface area contributed by atoms with Gasteiger partial charge in [0.1, 0.15) is 11.7 Å². The first-order valence-corrected chi connectivity index (χ1v) is 6.34. The molecule has 0 radical (unpaired) electrons. The van der Waals surface area contributed by atoms with Crippen LogP contribution in [0.1, 0.15) is 18.7 Å². The Hall–Kier alpha value is -2.63. The summed E-state index contributed by atoms with van der Waals surface area (Å²) in [5.74, 6) is -0.152. The summed E-state index contributed by atoms with van der Waals surface area (Å²) in [5.41, 5.74) is 1.64. The number of benzene rings is 1. The van der Waals surface area contributed by atoms with Crippen LogP contribution in [0.4, 0.5) is 0 Å². The van der Waals surface area contributed by atoms with E-state index >= 15 is 0 Å². The van der Waals surface area contributed by atoms with Crippen LogP contribution in [0.25, 0.3) is 11.1 Å². The van der Waals surface area contributed by atoms with Crippen molar-refractivity contribution >= 4 is 5.97 Å². The molecular formula is C15H16N2O4. The number of carboxylic acids is 1. The van der Waals surface area contributed by atoms with Gasteiger partial charge in [-0.05, 0) is 24.6 Å². The Bertz CT molecular complexity index is 641. The summed E-state index contributed by atoms with van der Waals surface area (Å²) < 4.78 is 10.4. The summed E-state index contributed by atoms with van der Waals surface area (Å²) in [6, 6.07) is 5.47. The van der Waals surface area contributed by atoms with Crippen molar-refractivity contribution in [2.24, 2.45) is 0 Å². The van der Waals surface area contributed by atoms with Crippen molar-refractivity contribution in [1.82, 2.24) is 9.97 Å². The van der Waals surface area contributed by atoms with Crippen molar-refractivity contribution in [2.45, 2.75) is 12.8 Å². The second-order valence-corrected chi connectivity index (χ2v) is 4.46. The van der Waals surface area contributed by atoms with Gasteiger partial charge in [0, 0.05) is 18.0 Å². The molecule has 6 heteroatoms. The molecule has 0 saturated heterocycles. The first-order valence-electron chi connectivity index (χ1n) is 6.34. The topological polar surface area (TPSA) is 81.5 Å². The molecule has 0 aliphatic carbocycles. The Morgan fingerprint density at radius 1 is 1.10 bits per heavy atom. The zero-order valence-corrected chi connectivity index (χ0v) is 12.0. The van der Waals surface area contributed by atoms with Gasteiger partial charge in [0.05, 0.1) is 14.2 Å². The van der Waals surface area contributed by atoms with Gasteiger partial charge in [-0.15, -0.1) is 0 Å². The van der Waals surface area contributed by atoms with Crippen molar-refractivity contribution in [3.63, 3.8) is 0 Å². The average molecular weight is 288 g/mol. The summed E-state index contributed by atoms with van der Waals surface area (Å²) in [5, 5.41) is 8.94. The Balaban J connectivity index is 2.32. The van der Waals surface area contributed by atoms with Crippen molar-refractivity contribution < 1.29 is 19.4 Å². The largest absolute Gasteiger partial charge is 0.493 e. The fraction of sp³-hybridized carbons (Fsp3) is 0.267. The van der Waals surface area contributed by atoms with Gasteiger partial charge < -0.3 is 14.6 Å². The minimum atomic E-state index is -0.950. The number of hydrogen-bond donors (Lipinski definition) is 1. The van der Waals surface area contributed by atoms with Gasteiger partial charge in [0.15, 0.2) is 11.5 Å². The first kappa shape index (κ1) is 14.8. The van der Waals surface area contributed by atoms with E-state index in [0.717, 1.165) is 11.1 Å². The van der Waals surface area contributed by atoms with Crippen molar-refractivity contribution in [3.8, 4) is 22.6 Å². The van der Waals surface area contributed by atoms with Crippen LogP contribution in [0.15, 0.2) is 30.6 Å². The first-order chi connectivity index (χ1) is 10.1. The molecule has 1 aromatic carbocycles. The molecule has 21 heavy (non-hydrogen) atoms. The number of ether oxygens (including phenoxy) is 2. The molecule has 1 N–H and O–H groups in total. The molecule has 1 atom stereocenters. The Labute approximate surface area is 122 Å². The zero-order valence-electron chi connectivity index (χ0n) is 12.0. The highest BCUT2D eigenvalue weighted by molar-refractivity contribution is 5.74. The monoisotopic (exact) mass is 288 g/mol. The highest BCUT2D eigenvalue weighted by Crippen LogP contribution is 2.31. The molecule has 1 heterocycles. The lowest BCUT2D eigenvalue weighted by Crippen LogP contribution is -2.10. The molecule has 0 saturated carbocycles. The van der Waals surface area contributed by atoms with Gasteiger partial charge >= 0.3 is 5.97 Å². The minimum Gasteiger partial charge on any atom is -0.493 e. The van der Waals surface area contributed by atoms with Gasteiger partial charge in [-0.25, -0.2) is 9.97 Å². The molecule has 0 aliphatic heterocycles. The van der Waals surface area contributed by atoms with Crippen LogP contribution in [0.5, 0.6) is 11.5 Å². The zero-order chi connectivity index (χ0) is 15.4. The number of aromatic nitrogens is 2. The van der Waals surface area contributed by atoms with Crippen LogP contribution in [0.2, 0.25) is 0 Å². The lowest BCUT2D eigenvalue weighted by atomic mass is 10.1. The summed E-state index contributed by atoms with van der Waals surface area (Å²) in [4.78, 5) is 19.1. The molecule has 2 rings (SSSR count). The maximum atomic E-state index is 10.9. The van der Waals surface area contributed by atoms with E-state index in [1.807, 2.05) is 12.1 Å². The van der Waals surface area contributed by atoms with E-state index in [4.69, 9.17) is 14.6 Å². The number of carbonyl (C=O) groups is 1. The standard InChI is InChI=1S/C15H16N2O4/c1-9(15(18)19)14-16-7-11(8-17-14)10-4-5-12(20-2)13(6-10)21-3/h4-9H,1-3H3,(H,18,19). The molecule has 6 nitrogen and oxygen atoms in total. The third-order valence-corrected chi connectivity index (χ3v) is 3.15. The molecule has 2 aromatic rings. The van der Waals surface area contributed by atoms with Gasteiger partial charge in [0.2, 0.25) is 0 Å². The lowest BCUT2D eigenvalue weighted by molar-refractivity contribution is -0.138. The van der Waals surface area contributed by atoms with Crippen molar-refractivity contribution in [2.75, 3.05) is 14.2 Å². The van der Waals surface area contributed by atoms with Crippen LogP contribution in [0.3, 0.4) is 0 Å². The minimum absolute atomic E-state index is 0.284. The van der Waals surface area contributed by atoms with Gasteiger partial charge in [-0.2, -0.15) is 0 Å². The predicted octanol–water partition coefficient (Wildman–Crippen LogP) is 2.35. The van der Waals surface area contributed by atoms with Crippen LogP contribution in [-0.2, 0) is 4.79 Å². The van der Waals surface area contributed by atoms with E-state index in [9.17, 15) is 4.79 Å².